The van der Waals surface area contributed by atoms with Crippen LogP contribution in [0.15, 0.2) is 59.7 Å². The van der Waals surface area contributed by atoms with E-state index in [1.165, 1.54) is 0 Å². The van der Waals surface area contributed by atoms with Gasteiger partial charge in [0.05, 0.1) is 17.2 Å². The van der Waals surface area contributed by atoms with E-state index >= 15 is 0 Å². The van der Waals surface area contributed by atoms with E-state index < -0.39 is 0 Å². The highest BCUT2D eigenvalue weighted by Crippen LogP contribution is 2.16. The minimum absolute atomic E-state index is 0.688. The van der Waals surface area contributed by atoms with Crippen LogP contribution in [0.4, 0.5) is 0 Å². The van der Waals surface area contributed by atoms with E-state index in [4.69, 9.17) is 12.2 Å². The molecular formula is C15H13N3S. The smallest absolute Gasteiger partial charge is 0.201 e. The summed E-state index contributed by atoms with van der Waals surface area (Å²) in [6, 6.07) is 18.0. The van der Waals surface area contributed by atoms with Gasteiger partial charge in [0.25, 0.3) is 0 Å². The van der Waals surface area contributed by atoms with Crippen molar-refractivity contribution in [2.45, 2.75) is 0 Å². The van der Waals surface area contributed by atoms with Gasteiger partial charge in [-0.1, -0.05) is 42.5 Å². The Bertz CT molecular complexity index is 797. The number of aryl methyl sites for hydroxylation is 1. The quantitative estimate of drug-likeness (QED) is 0.514. The fourth-order valence-electron chi connectivity index (χ4n) is 2.05. The molecule has 3 nitrogen and oxygen atoms in total. The zero-order valence-electron chi connectivity index (χ0n) is 10.5. The Morgan fingerprint density at radius 2 is 1.58 bits per heavy atom. The second-order valence-electron chi connectivity index (χ2n) is 4.30. The second kappa shape index (κ2) is 4.82. The molecular weight excluding hydrogens is 254 g/mol. The average Bonchev–Trinajstić information content (AvgIpc) is 2.71. The van der Waals surface area contributed by atoms with Gasteiger partial charge in [0.15, 0.2) is 0 Å². The standard InChI is InChI=1S/C15H13N3S/c1-17-13-9-5-6-10-14(13)18(15(17)19)16-11-12-7-3-2-4-8-12/h2-11H,1H3/b16-11-. The van der Waals surface area contributed by atoms with Crippen molar-refractivity contribution in [2.24, 2.45) is 12.1 Å². The molecule has 0 fully saturated rings. The topological polar surface area (TPSA) is 22.2 Å². The monoisotopic (exact) mass is 267 g/mol. The number of hydrogen-bond donors (Lipinski definition) is 0. The van der Waals surface area contributed by atoms with Gasteiger partial charge in [-0.3, -0.25) is 0 Å². The Morgan fingerprint density at radius 1 is 0.947 bits per heavy atom. The highest BCUT2D eigenvalue weighted by atomic mass is 32.1. The molecule has 0 bridgehead atoms. The van der Waals surface area contributed by atoms with Gasteiger partial charge in [0.1, 0.15) is 0 Å². The number of para-hydroxylation sites is 2. The van der Waals surface area contributed by atoms with Crippen molar-refractivity contribution in [2.75, 3.05) is 0 Å². The molecule has 1 heterocycles. The van der Waals surface area contributed by atoms with Gasteiger partial charge < -0.3 is 4.57 Å². The molecule has 0 unspecified atom stereocenters. The lowest BCUT2D eigenvalue weighted by Crippen LogP contribution is -1.93. The van der Waals surface area contributed by atoms with Crippen LogP contribution < -0.4 is 0 Å². The summed E-state index contributed by atoms with van der Waals surface area (Å²) >= 11 is 5.42. The van der Waals surface area contributed by atoms with Crippen LogP contribution in [0.25, 0.3) is 11.0 Å². The maximum atomic E-state index is 5.42. The Morgan fingerprint density at radius 3 is 2.32 bits per heavy atom. The van der Waals surface area contributed by atoms with Crippen LogP contribution in [0, 0.1) is 4.77 Å². The van der Waals surface area contributed by atoms with E-state index in [-0.39, 0.29) is 0 Å². The van der Waals surface area contributed by atoms with Crippen LogP contribution in [-0.4, -0.2) is 15.5 Å². The van der Waals surface area contributed by atoms with Gasteiger partial charge >= 0.3 is 0 Å². The van der Waals surface area contributed by atoms with Crippen molar-refractivity contribution in [1.82, 2.24) is 9.24 Å². The number of aromatic nitrogens is 2. The van der Waals surface area contributed by atoms with Crippen molar-refractivity contribution in [3.63, 3.8) is 0 Å². The van der Waals surface area contributed by atoms with Crippen molar-refractivity contribution in [3.05, 3.63) is 64.9 Å². The minimum Gasteiger partial charge on any atom is -0.318 e. The van der Waals surface area contributed by atoms with Gasteiger partial charge in [-0.05, 0) is 29.9 Å². The fourth-order valence-corrected chi connectivity index (χ4v) is 2.29. The van der Waals surface area contributed by atoms with Crippen LogP contribution in [-0.2, 0) is 7.05 Å². The maximum Gasteiger partial charge on any atom is 0.201 e. The summed E-state index contributed by atoms with van der Waals surface area (Å²) < 4.78 is 4.44. The molecule has 0 N–H and O–H groups in total. The molecule has 19 heavy (non-hydrogen) atoms. The Hall–Kier alpha value is -2.20. The molecule has 3 aromatic rings. The summed E-state index contributed by atoms with van der Waals surface area (Å²) in [5, 5.41) is 4.49. The van der Waals surface area contributed by atoms with Crippen LogP contribution >= 0.6 is 12.2 Å². The highest BCUT2D eigenvalue weighted by Gasteiger charge is 2.05. The Kier molecular flexibility index (Phi) is 3.01. The van der Waals surface area contributed by atoms with E-state index in [9.17, 15) is 0 Å². The molecule has 0 aliphatic heterocycles. The molecule has 0 spiro atoms. The van der Waals surface area contributed by atoms with Gasteiger partial charge in [0.2, 0.25) is 4.77 Å². The second-order valence-corrected chi connectivity index (χ2v) is 4.66. The van der Waals surface area contributed by atoms with Crippen LogP contribution in [0.5, 0.6) is 0 Å². The van der Waals surface area contributed by atoms with Crippen molar-refractivity contribution < 1.29 is 0 Å². The summed E-state index contributed by atoms with van der Waals surface area (Å²) in [5.74, 6) is 0. The molecule has 1 aromatic heterocycles. The molecule has 0 amide bonds. The summed E-state index contributed by atoms with van der Waals surface area (Å²) in [4.78, 5) is 0. The zero-order valence-corrected chi connectivity index (χ0v) is 11.3. The third-order valence-corrected chi connectivity index (χ3v) is 3.51. The number of hydrogen-bond acceptors (Lipinski definition) is 2. The number of nitrogens with zero attached hydrogens (tertiary/aromatic N) is 3. The first-order valence-electron chi connectivity index (χ1n) is 6.03. The molecule has 94 valence electrons. The molecule has 0 aliphatic carbocycles. The lowest BCUT2D eigenvalue weighted by Gasteiger charge is -1.95. The fraction of sp³-hybridized carbons (Fsp3) is 0.0667. The largest absolute Gasteiger partial charge is 0.318 e. The maximum absolute atomic E-state index is 5.42. The van der Waals surface area contributed by atoms with E-state index in [0.717, 1.165) is 16.6 Å². The molecule has 0 saturated carbocycles. The molecule has 0 saturated heterocycles. The Labute approximate surface area is 116 Å². The SMILES string of the molecule is Cn1c(=S)n(/N=C\c2ccccc2)c2ccccc21. The summed E-state index contributed by atoms with van der Waals surface area (Å²) in [7, 11) is 1.96. The molecule has 0 radical (unpaired) electrons. The summed E-state index contributed by atoms with van der Waals surface area (Å²) in [5.41, 5.74) is 3.15. The summed E-state index contributed by atoms with van der Waals surface area (Å²) in [6.45, 7) is 0. The number of rotatable bonds is 2. The van der Waals surface area contributed by atoms with Gasteiger partial charge in [-0.15, -0.1) is 0 Å². The predicted octanol–water partition coefficient (Wildman–Crippen LogP) is 3.59. The third-order valence-electron chi connectivity index (χ3n) is 3.06. The predicted molar refractivity (Wildman–Crippen MR) is 81.2 cm³/mol. The minimum atomic E-state index is 0.688. The van der Waals surface area contributed by atoms with Gasteiger partial charge in [0, 0.05) is 7.05 Å². The molecule has 0 atom stereocenters. The molecule has 3 rings (SSSR count). The van der Waals surface area contributed by atoms with Crippen LogP contribution in [0.2, 0.25) is 0 Å². The van der Waals surface area contributed by atoms with Crippen LogP contribution in [0.1, 0.15) is 5.56 Å². The Balaban J connectivity index is 2.14. The first-order valence-corrected chi connectivity index (χ1v) is 6.44. The van der Waals surface area contributed by atoms with Crippen molar-refractivity contribution in [3.8, 4) is 0 Å². The van der Waals surface area contributed by atoms with Crippen molar-refractivity contribution in [1.29, 1.82) is 0 Å². The number of benzene rings is 2. The highest BCUT2D eigenvalue weighted by molar-refractivity contribution is 7.71. The van der Waals surface area contributed by atoms with Gasteiger partial charge in [-0.25, -0.2) is 4.68 Å². The first-order chi connectivity index (χ1) is 9.27. The van der Waals surface area contributed by atoms with E-state index in [1.54, 1.807) is 4.68 Å². The molecule has 2 aromatic carbocycles. The van der Waals surface area contributed by atoms with Crippen molar-refractivity contribution >= 4 is 29.5 Å². The number of fused-ring (bicyclic) bond motifs is 1. The van der Waals surface area contributed by atoms with E-state index in [2.05, 4.69) is 5.10 Å². The average molecular weight is 267 g/mol. The third kappa shape index (κ3) is 2.11. The van der Waals surface area contributed by atoms with E-state index in [0.29, 0.717) is 4.77 Å². The lowest BCUT2D eigenvalue weighted by molar-refractivity contribution is 0.818. The lowest BCUT2D eigenvalue weighted by atomic mass is 10.2. The van der Waals surface area contributed by atoms with Gasteiger partial charge in [-0.2, -0.15) is 5.10 Å². The number of imidazole rings is 1. The first kappa shape index (κ1) is 11.9. The molecule has 4 heteroatoms. The van der Waals surface area contributed by atoms with Crippen LogP contribution in [0.3, 0.4) is 0 Å². The zero-order chi connectivity index (χ0) is 13.2. The van der Waals surface area contributed by atoms with E-state index in [1.807, 2.05) is 72.4 Å². The summed E-state index contributed by atoms with van der Waals surface area (Å²) in [6.07, 6.45) is 1.82. The molecule has 0 aliphatic rings. The normalized spacial score (nSPS) is 11.4.